The van der Waals surface area contributed by atoms with Gasteiger partial charge in [-0.2, -0.15) is 0 Å². The molecule has 26 heavy (non-hydrogen) atoms. The maximum atomic E-state index is 12.6. The molecule has 1 aliphatic rings. The number of rotatable bonds is 2. The van der Waals surface area contributed by atoms with Gasteiger partial charge in [0.05, 0.1) is 12.3 Å². The van der Waals surface area contributed by atoms with Crippen LogP contribution in [0.1, 0.15) is 17.9 Å². The van der Waals surface area contributed by atoms with Gasteiger partial charge in [0.15, 0.2) is 11.2 Å². The zero-order valence-corrected chi connectivity index (χ0v) is 14.0. The quantitative estimate of drug-likeness (QED) is 0.632. The Labute approximate surface area is 147 Å². The molecule has 3 heterocycles. The first kappa shape index (κ1) is 16.6. The molecule has 0 amide bonds. The minimum absolute atomic E-state index is 0.0350. The van der Waals surface area contributed by atoms with Gasteiger partial charge in [0, 0.05) is 36.2 Å². The monoisotopic (exact) mass is 358 g/mol. The summed E-state index contributed by atoms with van der Waals surface area (Å²) in [5, 5.41) is 34.7. The highest BCUT2D eigenvalue weighted by molar-refractivity contribution is 5.89. The highest BCUT2D eigenvalue weighted by atomic mass is 16.5. The van der Waals surface area contributed by atoms with Crippen molar-refractivity contribution in [1.29, 1.82) is 0 Å². The molecule has 0 spiro atoms. The summed E-state index contributed by atoms with van der Waals surface area (Å²) >= 11 is 0. The molecule has 8 heteroatoms. The molecule has 0 aliphatic carbocycles. The van der Waals surface area contributed by atoms with Gasteiger partial charge in [-0.25, -0.2) is 0 Å². The Morgan fingerprint density at radius 1 is 1.23 bits per heavy atom. The average Bonchev–Trinajstić information content (AvgIpc) is 3.10. The van der Waals surface area contributed by atoms with E-state index >= 15 is 0 Å². The summed E-state index contributed by atoms with van der Waals surface area (Å²) in [7, 11) is 1.90. The number of aromatic hydroxyl groups is 2. The molecule has 3 N–H and O–H groups in total. The molecule has 0 bridgehead atoms. The van der Waals surface area contributed by atoms with Crippen molar-refractivity contribution < 1.29 is 24.3 Å². The van der Waals surface area contributed by atoms with Gasteiger partial charge in [-0.15, -0.1) is 0 Å². The number of phenols is 2. The molecule has 1 aliphatic heterocycles. The van der Waals surface area contributed by atoms with E-state index in [4.69, 9.17) is 8.94 Å². The van der Waals surface area contributed by atoms with Gasteiger partial charge >= 0.3 is 0 Å². The van der Waals surface area contributed by atoms with Crippen LogP contribution in [-0.2, 0) is 0 Å². The Hall–Kier alpha value is -2.84. The summed E-state index contributed by atoms with van der Waals surface area (Å²) < 4.78 is 10.9. The van der Waals surface area contributed by atoms with Crippen molar-refractivity contribution in [1.82, 2.24) is 10.1 Å². The maximum absolute atomic E-state index is 12.6. The SMILES string of the molecule is CN1CC[C@H](c2c(O)cc(O)c3c(=O)cc(-c4ccno4)oc23)[C@H](O)C1. The molecule has 1 saturated heterocycles. The highest BCUT2D eigenvalue weighted by Gasteiger charge is 2.33. The number of nitrogens with zero attached hydrogens (tertiary/aromatic N) is 2. The molecule has 4 rings (SSSR count). The Morgan fingerprint density at radius 3 is 2.73 bits per heavy atom. The summed E-state index contributed by atoms with van der Waals surface area (Å²) in [6.45, 7) is 1.15. The number of hydrogen-bond donors (Lipinski definition) is 3. The van der Waals surface area contributed by atoms with Crippen LogP contribution < -0.4 is 5.43 Å². The van der Waals surface area contributed by atoms with E-state index in [0.717, 1.165) is 12.6 Å². The molecule has 1 aromatic carbocycles. The molecule has 0 saturated carbocycles. The minimum atomic E-state index is -0.744. The third kappa shape index (κ3) is 2.63. The largest absolute Gasteiger partial charge is 0.507 e. The van der Waals surface area contributed by atoms with Crippen molar-refractivity contribution >= 4 is 11.0 Å². The second kappa shape index (κ2) is 6.15. The first-order valence-corrected chi connectivity index (χ1v) is 8.26. The van der Waals surface area contributed by atoms with E-state index in [1.807, 2.05) is 11.9 Å². The molecule has 136 valence electrons. The Bertz CT molecular complexity index is 1010. The van der Waals surface area contributed by atoms with Gasteiger partial charge in [-0.1, -0.05) is 5.16 Å². The topological polar surface area (TPSA) is 120 Å². The minimum Gasteiger partial charge on any atom is -0.507 e. The van der Waals surface area contributed by atoms with Crippen molar-refractivity contribution in [2.75, 3.05) is 20.1 Å². The van der Waals surface area contributed by atoms with Crippen molar-refractivity contribution in [3.05, 3.63) is 40.2 Å². The second-order valence-electron chi connectivity index (χ2n) is 6.61. The molecular weight excluding hydrogens is 340 g/mol. The number of aliphatic hydroxyl groups excluding tert-OH is 1. The van der Waals surface area contributed by atoms with E-state index in [1.54, 1.807) is 0 Å². The molecule has 2 aromatic heterocycles. The lowest BCUT2D eigenvalue weighted by molar-refractivity contribution is 0.0630. The van der Waals surface area contributed by atoms with Crippen LogP contribution in [0.4, 0.5) is 0 Å². The molecule has 8 nitrogen and oxygen atoms in total. The number of β-amino-alcohol motifs (C(OH)–C–C–N with tert-alkyl or cyclic N) is 1. The zero-order valence-electron chi connectivity index (χ0n) is 14.0. The molecule has 0 radical (unpaired) electrons. The van der Waals surface area contributed by atoms with Crippen LogP contribution in [0.2, 0.25) is 0 Å². The predicted octanol–water partition coefficient (Wildman–Crippen LogP) is 1.64. The highest BCUT2D eigenvalue weighted by Crippen LogP contribution is 2.42. The average molecular weight is 358 g/mol. The fourth-order valence-electron chi connectivity index (χ4n) is 3.57. The van der Waals surface area contributed by atoms with Crippen LogP contribution in [0.25, 0.3) is 22.5 Å². The van der Waals surface area contributed by atoms with E-state index in [9.17, 15) is 20.1 Å². The van der Waals surface area contributed by atoms with Crippen LogP contribution in [0, 0.1) is 0 Å². The fourth-order valence-corrected chi connectivity index (χ4v) is 3.57. The first-order valence-electron chi connectivity index (χ1n) is 8.26. The van der Waals surface area contributed by atoms with Gasteiger partial charge in [0.1, 0.15) is 22.5 Å². The summed E-state index contributed by atoms with van der Waals surface area (Å²) in [5.41, 5.74) is -0.106. The lowest BCUT2D eigenvalue weighted by Crippen LogP contribution is -2.40. The van der Waals surface area contributed by atoms with Crippen LogP contribution in [0.15, 0.2) is 38.1 Å². The third-order valence-electron chi connectivity index (χ3n) is 4.83. The standard InChI is InChI=1S/C18H18N2O6/c1-20-5-3-9(13(24)8-20)16-10(21)6-11(22)17-12(23)7-15(25-18(16)17)14-2-4-19-26-14/h2,4,6-7,9,13,21-22,24H,3,5,8H2,1H3/t9-,13+/m0/s1. The van der Waals surface area contributed by atoms with Gasteiger partial charge in [-0.05, 0) is 20.0 Å². The third-order valence-corrected chi connectivity index (χ3v) is 4.83. The normalized spacial score (nSPS) is 21.3. The second-order valence-corrected chi connectivity index (χ2v) is 6.61. The lowest BCUT2D eigenvalue weighted by Gasteiger charge is -2.34. The first-order chi connectivity index (χ1) is 12.5. The number of aliphatic hydroxyl groups is 1. The molecular formula is C18H18N2O6. The van der Waals surface area contributed by atoms with Crippen molar-refractivity contribution in [3.8, 4) is 23.0 Å². The molecule has 2 atom stereocenters. The van der Waals surface area contributed by atoms with Gasteiger partial charge < -0.3 is 29.2 Å². The molecule has 0 unspecified atom stereocenters. The van der Waals surface area contributed by atoms with Gasteiger partial charge in [0.2, 0.25) is 5.76 Å². The van der Waals surface area contributed by atoms with E-state index in [2.05, 4.69) is 5.16 Å². The van der Waals surface area contributed by atoms with Crippen molar-refractivity contribution in [2.24, 2.45) is 0 Å². The number of benzene rings is 1. The smallest absolute Gasteiger partial charge is 0.202 e. The summed E-state index contributed by atoms with van der Waals surface area (Å²) in [6.07, 6.45) is 1.24. The maximum Gasteiger partial charge on any atom is 0.202 e. The molecule has 1 fully saturated rings. The predicted molar refractivity (Wildman–Crippen MR) is 92.2 cm³/mol. The van der Waals surface area contributed by atoms with E-state index < -0.39 is 17.5 Å². The number of aromatic nitrogens is 1. The number of fused-ring (bicyclic) bond motifs is 1. The van der Waals surface area contributed by atoms with Crippen LogP contribution in [0.3, 0.4) is 0 Å². The van der Waals surface area contributed by atoms with Crippen LogP contribution in [0.5, 0.6) is 11.5 Å². The summed E-state index contributed by atoms with van der Waals surface area (Å²) in [6, 6.07) is 3.86. The van der Waals surface area contributed by atoms with Crippen molar-refractivity contribution in [3.63, 3.8) is 0 Å². The van der Waals surface area contributed by atoms with E-state index in [0.29, 0.717) is 18.5 Å². The lowest BCUT2D eigenvalue weighted by atomic mass is 9.85. The number of likely N-dealkylation sites (tertiary alicyclic amines) is 1. The van der Waals surface area contributed by atoms with Gasteiger partial charge in [0.25, 0.3) is 0 Å². The summed E-state index contributed by atoms with van der Waals surface area (Å²) in [4.78, 5) is 14.5. The number of likely N-dealkylation sites (N-methyl/N-ethyl adjacent to an activating group) is 1. The number of phenolic OH excluding ortho intramolecular Hbond substituents is 2. The van der Waals surface area contributed by atoms with Crippen LogP contribution in [-0.4, -0.2) is 51.6 Å². The fraction of sp³-hybridized carbons (Fsp3) is 0.333. The van der Waals surface area contributed by atoms with E-state index in [1.165, 1.54) is 18.3 Å². The number of piperidine rings is 1. The molecule has 3 aromatic rings. The summed E-state index contributed by atoms with van der Waals surface area (Å²) in [5.74, 6) is -0.638. The van der Waals surface area contributed by atoms with Crippen molar-refractivity contribution in [2.45, 2.75) is 18.4 Å². The Morgan fingerprint density at radius 2 is 2.04 bits per heavy atom. The van der Waals surface area contributed by atoms with Gasteiger partial charge in [-0.3, -0.25) is 4.79 Å². The Kier molecular flexibility index (Phi) is 3.93. The van der Waals surface area contributed by atoms with E-state index in [-0.39, 0.29) is 34.0 Å². The van der Waals surface area contributed by atoms with Crippen LogP contribution >= 0.6 is 0 Å². The zero-order chi connectivity index (χ0) is 18.4. The Balaban J connectivity index is 1.98. The number of hydrogen-bond acceptors (Lipinski definition) is 8.